The molecule has 0 saturated heterocycles. The van der Waals surface area contributed by atoms with Crippen LogP contribution in [0.15, 0.2) is 30.6 Å². The van der Waals surface area contributed by atoms with Crippen LogP contribution in [0.25, 0.3) is 0 Å². The van der Waals surface area contributed by atoms with Crippen molar-refractivity contribution >= 4 is 17.4 Å². The normalized spacial score (nSPS) is 10.4. The number of nitrogens with zero attached hydrogens (tertiary/aromatic N) is 4. The van der Waals surface area contributed by atoms with Gasteiger partial charge in [0.1, 0.15) is 11.0 Å². The van der Waals surface area contributed by atoms with Crippen LogP contribution in [-0.4, -0.2) is 21.8 Å². The molecule has 0 atom stereocenters. The summed E-state index contributed by atoms with van der Waals surface area (Å²) in [5, 5.41) is 4.63. The summed E-state index contributed by atoms with van der Waals surface area (Å²) in [4.78, 5) is 6.27. The van der Waals surface area contributed by atoms with E-state index in [4.69, 9.17) is 11.6 Å². The van der Waals surface area contributed by atoms with Crippen LogP contribution in [0.4, 0.5) is 5.82 Å². The molecule has 0 N–H and O–H groups in total. The molecule has 0 aliphatic rings. The molecule has 84 valence electrons. The van der Waals surface area contributed by atoms with E-state index < -0.39 is 0 Å². The first kappa shape index (κ1) is 11.0. The van der Waals surface area contributed by atoms with Gasteiger partial charge in [-0.2, -0.15) is 5.10 Å². The van der Waals surface area contributed by atoms with E-state index in [1.165, 1.54) is 0 Å². The van der Waals surface area contributed by atoms with Gasteiger partial charge in [-0.1, -0.05) is 17.7 Å². The Morgan fingerprint density at radius 3 is 2.88 bits per heavy atom. The minimum Gasteiger partial charge on any atom is -0.355 e. The van der Waals surface area contributed by atoms with Crippen molar-refractivity contribution in [2.24, 2.45) is 7.05 Å². The van der Waals surface area contributed by atoms with E-state index in [-0.39, 0.29) is 0 Å². The molecule has 0 radical (unpaired) electrons. The van der Waals surface area contributed by atoms with Crippen molar-refractivity contribution in [2.45, 2.75) is 6.54 Å². The Bertz CT molecular complexity index is 480. The van der Waals surface area contributed by atoms with Gasteiger partial charge >= 0.3 is 0 Å². The van der Waals surface area contributed by atoms with Crippen molar-refractivity contribution in [3.8, 4) is 0 Å². The number of aryl methyl sites for hydroxylation is 1. The van der Waals surface area contributed by atoms with Crippen LogP contribution in [0.2, 0.25) is 5.15 Å². The van der Waals surface area contributed by atoms with Crippen molar-refractivity contribution in [1.82, 2.24) is 14.8 Å². The molecule has 0 aliphatic heterocycles. The molecular weight excluding hydrogens is 224 g/mol. The van der Waals surface area contributed by atoms with Gasteiger partial charge in [-0.15, -0.1) is 0 Å². The molecule has 2 aromatic rings. The Labute approximate surface area is 99.5 Å². The number of pyridine rings is 1. The number of aromatic nitrogens is 3. The first-order valence-electron chi connectivity index (χ1n) is 4.96. The Balaban J connectivity index is 2.11. The monoisotopic (exact) mass is 236 g/mol. The van der Waals surface area contributed by atoms with Gasteiger partial charge in [-0.05, 0) is 12.1 Å². The lowest BCUT2D eigenvalue weighted by Gasteiger charge is -2.16. The summed E-state index contributed by atoms with van der Waals surface area (Å²) in [7, 11) is 3.88. The topological polar surface area (TPSA) is 34.0 Å². The fourth-order valence-electron chi connectivity index (χ4n) is 1.52. The van der Waals surface area contributed by atoms with Crippen LogP contribution in [0, 0.1) is 0 Å². The number of rotatable bonds is 3. The lowest BCUT2D eigenvalue weighted by molar-refractivity contribution is 0.766. The average Bonchev–Trinajstić information content (AvgIpc) is 2.64. The highest BCUT2D eigenvalue weighted by Gasteiger charge is 2.05. The Hall–Kier alpha value is -1.55. The van der Waals surface area contributed by atoms with Gasteiger partial charge in [0.2, 0.25) is 0 Å². The fraction of sp³-hybridized carbons (Fsp3) is 0.273. The van der Waals surface area contributed by atoms with E-state index in [2.05, 4.69) is 10.1 Å². The van der Waals surface area contributed by atoms with E-state index in [0.717, 1.165) is 17.9 Å². The number of hydrogen-bond acceptors (Lipinski definition) is 3. The van der Waals surface area contributed by atoms with Crippen molar-refractivity contribution < 1.29 is 0 Å². The summed E-state index contributed by atoms with van der Waals surface area (Å²) < 4.78 is 1.79. The Morgan fingerprint density at radius 2 is 2.25 bits per heavy atom. The van der Waals surface area contributed by atoms with E-state index in [0.29, 0.717) is 5.15 Å². The van der Waals surface area contributed by atoms with Crippen molar-refractivity contribution in [2.75, 3.05) is 11.9 Å². The van der Waals surface area contributed by atoms with Crippen LogP contribution >= 0.6 is 11.6 Å². The van der Waals surface area contributed by atoms with Crippen molar-refractivity contribution in [3.05, 3.63) is 41.3 Å². The second-order valence-corrected chi connectivity index (χ2v) is 4.08. The molecule has 0 saturated carbocycles. The maximum Gasteiger partial charge on any atom is 0.131 e. The Morgan fingerprint density at radius 1 is 1.44 bits per heavy atom. The summed E-state index contributed by atoms with van der Waals surface area (Å²) in [6.45, 7) is 0.765. The lowest BCUT2D eigenvalue weighted by atomic mass is 10.3. The second-order valence-electron chi connectivity index (χ2n) is 3.70. The van der Waals surface area contributed by atoms with Crippen LogP contribution in [0.3, 0.4) is 0 Å². The highest BCUT2D eigenvalue weighted by Crippen LogP contribution is 2.15. The highest BCUT2D eigenvalue weighted by atomic mass is 35.5. The summed E-state index contributed by atoms with van der Waals surface area (Å²) in [6, 6.07) is 5.59. The van der Waals surface area contributed by atoms with E-state index >= 15 is 0 Å². The zero-order valence-corrected chi connectivity index (χ0v) is 10.0. The van der Waals surface area contributed by atoms with Gasteiger partial charge in [-0.25, -0.2) is 4.98 Å². The number of anilines is 1. The first-order chi connectivity index (χ1) is 7.65. The van der Waals surface area contributed by atoms with Gasteiger partial charge in [0, 0.05) is 32.4 Å². The summed E-state index contributed by atoms with van der Waals surface area (Å²) in [6.07, 6.45) is 3.84. The largest absolute Gasteiger partial charge is 0.355 e. The van der Waals surface area contributed by atoms with E-state index in [9.17, 15) is 0 Å². The van der Waals surface area contributed by atoms with E-state index in [1.807, 2.05) is 43.5 Å². The SMILES string of the molecule is CN(Cc1cnn(C)c1)c1cccc(Cl)n1. The summed E-state index contributed by atoms with van der Waals surface area (Å²) in [5.41, 5.74) is 1.15. The molecule has 0 aliphatic carbocycles. The van der Waals surface area contributed by atoms with Crippen LogP contribution in [-0.2, 0) is 13.6 Å². The summed E-state index contributed by atoms with van der Waals surface area (Å²) >= 11 is 5.84. The van der Waals surface area contributed by atoms with Crippen LogP contribution in [0.1, 0.15) is 5.56 Å². The van der Waals surface area contributed by atoms with Crippen LogP contribution in [0.5, 0.6) is 0 Å². The van der Waals surface area contributed by atoms with Crippen molar-refractivity contribution in [1.29, 1.82) is 0 Å². The van der Waals surface area contributed by atoms with Gasteiger partial charge < -0.3 is 4.90 Å². The third kappa shape index (κ3) is 2.52. The molecule has 2 rings (SSSR count). The van der Waals surface area contributed by atoms with Gasteiger partial charge in [0.15, 0.2) is 0 Å². The molecular formula is C11H13ClN4. The van der Waals surface area contributed by atoms with Gasteiger partial charge in [0.05, 0.1) is 6.20 Å². The number of hydrogen-bond donors (Lipinski definition) is 0. The molecule has 0 aromatic carbocycles. The fourth-order valence-corrected chi connectivity index (χ4v) is 1.68. The molecule has 0 unspecified atom stereocenters. The zero-order valence-electron chi connectivity index (χ0n) is 9.26. The smallest absolute Gasteiger partial charge is 0.131 e. The standard InChI is InChI=1S/C11H13ClN4/c1-15(7-9-6-13-16(2)8-9)11-5-3-4-10(12)14-11/h3-6,8H,7H2,1-2H3. The third-order valence-electron chi connectivity index (χ3n) is 2.27. The molecule has 0 spiro atoms. The average molecular weight is 237 g/mol. The molecule has 2 heterocycles. The zero-order chi connectivity index (χ0) is 11.5. The quantitative estimate of drug-likeness (QED) is 0.766. The van der Waals surface area contributed by atoms with Crippen molar-refractivity contribution in [3.63, 3.8) is 0 Å². The minimum absolute atomic E-state index is 0.510. The highest BCUT2D eigenvalue weighted by molar-refractivity contribution is 6.29. The molecule has 0 amide bonds. The summed E-state index contributed by atoms with van der Waals surface area (Å²) in [5.74, 6) is 0.858. The van der Waals surface area contributed by atoms with Gasteiger partial charge in [0.25, 0.3) is 0 Å². The molecule has 0 fully saturated rings. The molecule has 4 nitrogen and oxygen atoms in total. The Kier molecular flexibility index (Phi) is 3.10. The number of halogens is 1. The minimum atomic E-state index is 0.510. The third-order valence-corrected chi connectivity index (χ3v) is 2.48. The molecule has 0 bridgehead atoms. The predicted octanol–water partition coefficient (Wildman–Crippen LogP) is 2.10. The second kappa shape index (κ2) is 4.53. The maximum absolute atomic E-state index is 5.84. The van der Waals surface area contributed by atoms with Gasteiger partial charge in [-0.3, -0.25) is 4.68 Å². The molecule has 16 heavy (non-hydrogen) atoms. The molecule has 5 heteroatoms. The van der Waals surface area contributed by atoms with Crippen LogP contribution < -0.4 is 4.90 Å². The predicted molar refractivity (Wildman–Crippen MR) is 64.6 cm³/mol. The maximum atomic E-state index is 5.84. The molecule has 2 aromatic heterocycles. The van der Waals surface area contributed by atoms with E-state index in [1.54, 1.807) is 10.7 Å². The lowest BCUT2D eigenvalue weighted by Crippen LogP contribution is -2.17. The first-order valence-corrected chi connectivity index (χ1v) is 5.34.